The second-order valence-electron chi connectivity index (χ2n) is 5.74. The molecule has 0 saturated carbocycles. The number of amides is 1. The first-order valence-electron chi connectivity index (χ1n) is 7.47. The summed E-state index contributed by atoms with van der Waals surface area (Å²) in [5, 5.41) is 0. The number of morpholine rings is 1. The van der Waals surface area contributed by atoms with Crippen molar-refractivity contribution in [2.24, 2.45) is 0 Å². The minimum Gasteiger partial charge on any atom is -0.374 e. The van der Waals surface area contributed by atoms with E-state index in [0.717, 1.165) is 39.0 Å². The molecule has 0 bridgehead atoms. The number of rotatable bonds is 2. The Balaban J connectivity index is 1.64. The van der Waals surface area contributed by atoms with Gasteiger partial charge in [-0.1, -0.05) is 0 Å². The van der Waals surface area contributed by atoms with Crippen LogP contribution in [0.25, 0.3) is 0 Å². The first kappa shape index (κ1) is 13.6. The Morgan fingerprint density at radius 3 is 3.00 bits per heavy atom. The van der Waals surface area contributed by atoms with E-state index in [-0.39, 0.29) is 18.1 Å². The lowest BCUT2D eigenvalue weighted by Gasteiger charge is -2.39. The quantitative estimate of drug-likeness (QED) is 0.884. The van der Waals surface area contributed by atoms with Crippen LogP contribution >= 0.6 is 0 Å². The third kappa shape index (κ3) is 2.88. The molecule has 0 spiro atoms. The van der Waals surface area contributed by atoms with Crippen LogP contribution in [0.5, 0.6) is 0 Å². The van der Waals surface area contributed by atoms with E-state index in [1.807, 2.05) is 17.2 Å². The number of nitrogens with zero attached hydrogens (tertiary/aromatic N) is 2. The highest BCUT2D eigenvalue weighted by Crippen LogP contribution is 2.24. The lowest BCUT2D eigenvalue weighted by Crippen LogP contribution is -2.52. The molecule has 2 unspecified atom stereocenters. The molecule has 3 heterocycles. The molecule has 1 N–H and O–H groups in total. The van der Waals surface area contributed by atoms with E-state index in [1.54, 1.807) is 6.92 Å². The first-order chi connectivity index (χ1) is 9.74. The van der Waals surface area contributed by atoms with Crippen molar-refractivity contribution in [1.29, 1.82) is 0 Å². The number of nitrogens with one attached hydrogen (secondary N) is 1. The number of fused-ring (bicyclic) bond motifs is 1. The van der Waals surface area contributed by atoms with Crippen molar-refractivity contribution in [3.63, 3.8) is 0 Å². The van der Waals surface area contributed by atoms with Crippen molar-refractivity contribution in [1.82, 2.24) is 14.8 Å². The summed E-state index contributed by atoms with van der Waals surface area (Å²) >= 11 is 0. The van der Waals surface area contributed by atoms with E-state index in [4.69, 9.17) is 4.74 Å². The Bertz CT molecular complexity index is 446. The van der Waals surface area contributed by atoms with Gasteiger partial charge in [0.1, 0.15) is 0 Å². The lowest BCUT2D eigenvalue weighted by molar-refractivity contribution is -0.144. The maximum absolute atomic E-state index is 11.8. The molecule has 0 radical (unpaired) electrons. The van der Waals surface area contributed by atoms with Crippen molar-refractivity contribution in [2.45, 2.75) is 38.5 Å². The monoisotopic (exact) mass is 277 g/mol. The summed E-state index contributed by atoms with van der Waals surface area (Å²) in [4.78, 5) is 19.5. The fraction of sp³-hybridized carbons (Fsp3) is 0.667. The van der Waals surface area contributed by atoms with E-state index in [1.165, 1.54) is 5.69 Å². The SMILES string of the molecule is CC(=O)N1CCOC2CCN(Cc3ccc[nH]3)CCC21. The number of likely N-dealkylation sites (tertiary alicyclic amines) is 1. The zero-order chi connectivity index (χ0) is 13.9. The molecule has 3 rings (SSSR count). The topological polar surface area (TPSA) is 48.6 Å². The molecular formula is C15H23N3O2. The van der Waals surface area contributed by atoms with Crippen molar-refractivity contribution >= 4 is 5.91 Å². The van der Waals surface area contributed by atoms with E-state index in [9.17, 15) is 4.79 Å². The molecule has 0 aromatic carbocycles. The Hall–Kier alpha value is -1.33. The highest BCUT2D eigenvalue weighted by Gasteiger charge is 2.35. The minimum absolute atomic E-state index is 0.182. The van der Waals surface area contributed by atoms with Gasteiger partial charge in [0.25, 0.3) is 0 Å². The van der Waals surface area contributed by atoms with E-state index >= 15 is 0 Å². The van der Waals surface area contributed by atoms with E-state index < -0.39 is 0 Å². The number of ether oxygens (including phenoxy) is 1. The maximum atomic E-state index is 11.8. The number of hydrogen-bond donors (Lipinski definition) is 1. The average molecular weight is 277 g/mol. The molecule has 1 amide bonds. The van der Waals surface area contributed by atoms with Crippen molar-refractivity contribution in [2.75, 3.05) is 26.2 Å². The molecule has 2 fully saturated rings. The van der Waals surface area contributed by atoms with Crippen LogP contribution in [-0.4, -0.2) is 59.1 Å². The van der Waals surface area contributed by atoms with Crippen molar-refractivity contribution < 1.29 is 9.53 Å². The largest absolute Gasteiger partial charge is 0.374 e. The fourth-order valence-electron chi connectivity index (χ4n) is 3.39. The summed E-state index contributed by atoms with van der Waals surface area (Å²) in [6.45, 7) is 6.10. The summed E-state index contributed by atoms with van der Waals surface area (Å²) in [5.74, 6) is 0.182. The second-order valence-corrected chi connectivity index (χ2v) is 5.74. The highest BCUT2D eigenvalue weighted by atomic mass is 16.5. The number of carbonyl (C=O) groups excluding carboxylic acids is 1. The third-order valence-corrected chi connectivity index (χ3v) is 4.43. The predicted octanol–water partition coefficient (Wildman–Crippen LogP) is 1.23. The minimum atomic E-state index is 0.182. The van der Waals surface area contributed by atoms with Gasteiger partial charge in [-0.3, -0.25) is 9.69 Å². The Morgan fingerprint density at radius 1 is 1.40 bits per heavy atom. The molecule has 1 aromatic heterocycles. The van der Waals surface area contributed by atoms with Crippen LogP contribution in [0.4, 0.5) is 0 Å². The Labute approximate surface area is 119 Å². The zero-order valence-corrected chi connectivity index (χ0v) is 12.0. The Morgan fingerprint density at radius 2 is 2.25 bits per heavy atom. The van der Waals surface area contributed by atoms with E-state index in [0.29, 0.717) is 6.61 Å². The average Bonchev–Trinajstić information content (AvgIpc) is 2.86. The van der Waals surface area contributed by atoms with Crippen LogP contribution in [-0.2, 0) is 16.1 Å². The highest BCUT2D eigenvalue weighted by molar-refractivity contribution is 5.73. The maximum Gasteiger partial charge on any atom is 0.219 e. The molecule has 2 atom stereocenters. The third-order valence-electron chi connectivity index (χ3n) is 4.43. The van der Waals surface area contributed by atoms with Gasteiger partial charge >= 0.3 is 0 Å². The molecule has 2 aliphatic heterocycles. The summed E-state index contributed by atoms with van der Waals surface area (Å²) in [6, 6.07) is 4.42. The van der Waals surface area contributed by atoms with Crippen LogP contribution in [0, 0.1) is 0 Å². The normalized spacial score (nSPS) is 27.9. The van der Waals surface area contributed by atoms with Gasteiger partial charge in [-0.05, 0) is 25.0 Å². The van der Waals surface area contributed by atoms with Crippen LogP contribution in [0.1, 0.15) is 25.5 Å². The molecule has 5 nitrogen and oxygen atoms in total. The number of aromatic nitrogens is 1. The first-order valence-corrected chi connectivity index (χ1v) is 7.47. The molecule has 2 saturated heterocycles. The van der Waals surface area contributed by atoms with Crippen LogP contribution in [0.3, 0.4) is 0 Å². The molecule has 5 heteroatoms. The van der Waals surface area contributed by atoms with Crippen molar-refractivity contribution in [3.8, 4) is 0 Å². The number of H-pyrrole nitrogens is 1. The molecule has 0 aliphatic carbocycles. The van der Waals surface area contributed by atoms with Crippen molar-refractivity contribution in [3.05, 3.63) is 24.0 Å². The summed E-state index contributed by atoms with van der Waals surface area (Å²) in [5.41, 5.74) is 1.25. The van der Waals surface area contributed by atoms with Gasteiger partial charge in [0, 0.05) is 45.0 Å². The summed E-state index contributed by atoms with van der Waals surface area (Å²) in [6.07, 6.45) is 4.19. The molecule has 1 aromatic rings. The van der Waals surface area contributed by atoms with Gasteiger partial charge in [-0.25, -0.2) is 0 Å². The summed E-state index contributed by atoms with van der Waals surface area (Å²) < 4.78 is 5.90. The number of carbonyl (C=O) groups is 1. The molecule has 110 valence electrons. The zero-order valence-electron chi connectivity index (χ0n) is 12.0. The molecular weight excluding hydrogens is 254 g/mol. The van der Waals surface area contributed by atoms with Crippen LogP contribution in [0.2, 0.25) is 0 Å². The van der Waals surface area contributed by atoms with Crippen LogP contribution in [0.15, 0.2) is 18.3 Å². The fourth-order valence-corrected chi connectivity index (χ4v) is 3.39. The van der Waals surface area contributed by atoms with Gasteiger partial charge in [-0.2, -0.15) is 0 Å². The lowest BCUT2D eigenvalue weighted by atomic mass is 10.0. The smallest absolute Gasteiger partial charge is 0.219 e. The second kappa shape index (κ2) is 5.97. The molecule has 2 aliphatic rings. The molecule has 20 heavy (non-hydrogen) atoms. The predicted molar refractivity (Wildman–Crippen MR) is 76.2 cm³/mol. The van der Waals surface area contributed by atoms with E-state index in [2.05, 4.69) is 16.0 Å². The van der Waals surface area contributed by atoms with Gasteiger partial charge in [0.2, 0.25) is 5.91 Å². The van der Waals surface area contributed by atoms with Gasteiger partial charge in [-0.15, -0.1) is 0 Å². The standard InChI is InChI=1S/C15H23N3O2/c1-12(19)18-9-10-20-15-5-8-17(7-4-14(15)18)11-13-3-2-6-16-13/h2-3,6,14-16H,4-5,7-11H2,1H3. The number of hydrogen-bond acceptors (Lipinski definition) is 3. The number of aromatic amines is 1. The summed E-state index contributed by atoms with van der Waals surface area (Å²) in [7, 11) is 0. The Kier molecular flexibility index (Phi) is 4.08. The van der Waals surface area contributed by atoms with Gasteiger partial charge in [0.05, 0.1) is 18.8 Å². The van der Waals surface area contributed by atoms with Gasteiger partial charge < -0.3 is 14.6 Å². The van der Waals surface area contributed by atoms with Crippen LogP contribution < -0.4 is 0 Å². The van der Waals surface area contributed by atoms with Gasteiger partial charge in [0.15, 0.2) is 0 Å².